The van der Waals surface area contributed by atoms with Gasteiger partial charge in [-0.3, -0.25) is 4.79 Å². The maximum atomic E-state index is 12.2. The van der Waals surface area contributed by atoms with Crippen molar-refractivity contribution >= 4 is 44.6 Å². The Labute approximate surface area is 127 Å². The summed E-state index contributed by atoms with van der Waals surface area (Å²) in [6, 6.07) is 2.82. The molecule has 110 valence electrons. The van der Waals surface area contributed by atoms with Gasteiger partial charge in [-0.05, 0) is 25.5 Å². The van der Waals surface area contributed by atoms with Crippen LogP contribution in [0.4, 0.5) is 5.69 Å². The minimum atomic E-state index is -3.09. The first-order valence-corrected chi connectivity index (χ1v) is 8.47. The van der Waals surface area contributed by atoms with Crippen molar-refractivity contribution in [3.8, 4) is 0 Å². The normalized spacial score (nSPS) is 24.6. The quantitative estimate of drug-likeness (QED) is 0.807. The van der Waals surface area contributed by atoms with Crippen molar-refractivity contribution in [2.24, 2.45) is 0 Å². The van der Waals surface area contributed by atoms with E-state index in [-0.39, 0.29) is 32.8 Å². The molecular weight excluding hydrogens is 323 g/mol. The van der Waals surface area contributed by atoms with Crippen molar-refractivity contribution in [1.29, 1.82) is 0 Å². The molecule has 1 unspecified atom stereocenters. The zero-order valence-electron chi connectivity index (χ0n) is 10.7. The molecule has 5 nitrogen and oxygen atoms in total. The van der Waals surface area contributed by atoms with Gasteiger partial charge < -0.3 is 11.1 Å². The van der Waals surface area contributed by atoms with Crippen LogP contribution < -0.4 is 11.1 Å². The van der Waals surface area contributed by atoms with Crippen LogP contribution in [0.1, 0.15) is 23.7 Å². The fourth-order valence-electron chi connectivity index (χ4n) is 2.17. The van der Waals surface area contributed by atoms with Crippen LogP contribution in [0.3, 0.4) is 0 Å². The average Bonchev–Trinajstić information content (AvgIpc) is 2.59. The fraction of sp³-hybridized carbons (Fsp3) is 0.417. The number of benzene rings is 1. The number of carbonyl (C=O) groups is 1. The number of halogens is 2. The average molecular weight is 337 g/mol. The van der Waals surface area contributed by atoms with Crippen molar-refractivity contribution < 1.29 is 13.2 Å². The molecule has 2 rings (SSSR count). The highest BCUT2D eigenvalue weighted by atomic mass is 35.5. The SMILES string of the molecule is CC1(NC(=O)c2cc(Cl)c(N)c(Cl)c2)CCS(=O)(=O)C1. The Morgan fingerprint density at radius 1 is 1.35 bits per heavy atom. The van der Waals surface area contributed by atoms with Crippen LogP contribution in [0.2, 0.25) is 10.0 Å². The molecule has 1 amide bonds. The maximum Gasteiger partial charge on any atom is 0.251 e. The summed E-state index contributed by atoms with van der Waals surface area (Å²) < 4.78 is 23.0. The fourth-order valence-corrected chi connectivity index (χ4v) is 4.75. The van der Waals surface area contributed by atoms with E-state index in [1.54, 1.807) is 6.92 Å². The summed E-state index contributed by atoms with van der Waals surface area (Å²) in [6.07, 6.45) is 0.386. The second-order valence-corrected chi connectivity index (χ2v) is 8.21. The van der Waals surface area contributed by atoms with Gasteiger partial charge in [-0.15, -0.1) is 0 Å². The van der Waals surface area contributed by atoms with Crippen molar-refractivity contribution in [2.45, 2.75) is 18.9 Å². The molecule has 1 aromatic carbocycles. The summed E-state index contributed by atoms with van der Waals surface area (Å²) in [6.45, 7) is 1.70. The van der Waals surface area contributed by atoms with Crippen LogP contribution in [0, 0.1) is 0 Å². The summed E-state index contributed by atoms with van der Waals surface area (Å²) in [5.74, 6) is -0.414. The molecule has 3 N–H and O–H groups in total. The van der Waals surface area contributed by atoms with E-state index in [1.165, 1.54) is 12.1 Å². The highest BCUT2D eigenvalue weighted by Gasteiger charge is 2.39. The standard InChI is InChI=1S/C12H14Cl2N2O3S/c1-12(2-3-20(18,19)6-12)16-11(17)7-4-8(13)10(15)9(14)5-7/h4-5H,2-3,6,15H2,1H3,(H,16,17). The van der Waals surface area contributed by atoms with E-state index in [2.05, 4.69) is 5.32 Å². The van der Waals surface area contributed by atoms with Gasteiger partial charge in [0.25, 0.3) is 5.91 Å². The summed E-state index contributed by atoms with van der Waals surface area (Å²) in [7, 11) is -3.09. The predicted octanol–water partition coefficient (Wildman–Crippen LogP) is 1.88. The molecule has 1 aliphatic rings. The smallest absolute Gasteiger partial charge is 0.251 e. The van der Waals surface area contributed by atoms with E-state index in [0.717, 1.165) is 0 Å². The largest absolute Gasteiger partial charge is 0.396 e. The van der Waals surface area contributed by atoms with Gasteiger partial charge in [-0.2, -0.15) is 0 Å². The van der Waals surface area contributed by atoms with Gasteiger partial charge >= 0.3 is 0 Å². The third-order valence-electron chi connectivity index (χ3n) is 3.26. The number of anilines is 1. The van der Waals surface area contributed by atoms with Crippen molar-refractivity contribution in [3.63, 3.8) is 0 Å². The minimum absolute atomic E-state index is 0.0673. The lowest BCUT2D eigenvalue weighted by Crippen LogP contribution is -2.46. The van der Waals surface area contributed by atoms with Crippen LogP contribution in [0.5, 0.6) is 0 Å². The summed E-state index contributed by atoms with van der Waals surface area (Å²) in [5, 5.41) is 3.10. The molecule has 1 atom stereocenters. The van der Waals surface area contributed by atoms with Gasteiger partial charge in [0.05, 0.1) is 32.8 Å². The molecule has 1 heterocycles. The molecule has 1 fully saturated rings. The molecule has 1 saturated heterocycles. The Hall–Kier alpha value is -0.980. The summed E-state index contributed by atoms with van der Waals surface area (Å²) in [4.78, 5) is 12.2. The molecular formula is C12H14Cl2N2O3S. The maximum absolute atomic E-state index is 12.2. The number of hydrogen-bond donors (Lipinski definition) is 2. The van der Waals surface area contributed by atoms with Gasteiger partial charge in [0.2, 0.25) is 0 Å². The molecule has 0 saturated carbocycles. The van der Waals surface area contributed by atoms with Crippen LogP contribution in [-0.2, 0) is 9.84 Å². The van der Waals surface area contributed by atoms with Gasteiger partial charge in [0.1, 0.15) is 0 Å². The van der Waals surface area contributed by atoms with E-state index >= 15 is 0 Å². The van der Waals surface area contributed by atoms with Crippen molar-refractivity contribution in [3.05, 3.63) is 27.7 Å². The molecule has 0 radical (unpaired) electrons. The Morgan fingerprint density at radius 3 is 2.35 bits per heavy atom. The summed E-state index contributed by atoms with van der Waals surface area (Å²) >= 11 is 11.7. The van der Waals surface area contributed by atoms with Gasteiger partial charge in [-0.1, -0.05) is 23.2 Å². The molecule has 0 aliphatic carbocycles. The lowest BCUT2D eigenvalue weighted by atomic mass is 10.0. The van der Waals surface area contributed by atoms with Gasteiger partial charge in [-0.25, -0.2) is 8.42 Å². The van der Waals surface area contributed by atoms with E-state index < -0.39 is 21.3 Å². The highest BCUT2D eigenvalue weighted by molar-refractivity contribution is 7.91. The highest BCUT2D eigenvalue weighted by Crippen LogP contribution is 2.29. The predicted molar refractivity (Wildman–Crippen MR) is 80.0 cm³/mol. The Balaban J connectivity index is 2.21. The number of nitrogens with two attached hydrogens (primary N) is 1. The Kier molecular flexibility index (Phi) is 3.92. The lowest BCUT2D eigenvalue weighted by molar-refractivity contribution is 0.0915. The zero-order chi connectivity index (χ0) is 15.1. The number of carbonyl (C=O) groups excluding carboxylic acids is 1. The first kappa shape index (κ1) is 15.4. The lowest BCUT2D eigenvalue weighted by Gasteiger charge is -2.24. The molecule has 1 aliphatic heterocycles. The second kappa shape index (κ2) is 5.09. The topological polar surface area (TPSA) is 89.3 Å². The molecule has 8 heteroatoms. The van der Waals surface area contributed by atoms with Crippen LogP contribution in [0.25, 0.3) is 0 Å². The minimum Gasteiger partial charge on any atom is -0.396 e. The second-order valence-electron chi connectivity index (χ2n) is 5.21. The molecule has 0 bridgehead atoms. The monoisotopic (exact) mass is 336 g/mol. The van der Waals surface area contributed by atoms with E-state index in [1.807, 2.05) is 0 Å². The van der Waals surface area contributed by atoms with Gasteiger partial charge in [0, 0.05) is 5.56 Å². The molecule has 0 spiro atoms. The first-order valence-electron chi connectivity index (χ1n) is 5.89. The van der Waals surface area contributed by atoms with Crippen LogP contribution in [0.15, 0.2) is 12.1 Å². The van der Waals surface area contributed by atoms with Crippen LogP contribution >= 0.6 is 23.2 Å². The number of hydrogen-bond acceptors (Lipinski definition) is 4. The van der Waals surface area contributed by atoms with E-state index in [9.17, 15) is 13.2 Å². The first-order chi connectivity index (χ1) is 9.12. The van der Waals surface area contributed by atoms with E-state index in [0.29, 0.717) is 6.42 Å². The zero-order valence-corrected chi connectivity index (χ0v) is 13.1. The Morgan fingerprint density at radius 2 is 1.90 bits per heavy atom. The number of rotatable bonds is 2. The van der Waals surface area contributed by atoms with E-state index in [4.69, 9.17) is 28.9 Å². The van der Waals surface area contributed by atoms with Crippen molar-refractivity contribution in [2.75, 3.05) is 17.2 Å². The number of amides is 1. The number of sulfone groups is 1. The molecule has 1 aromatic rings. The third kappa shape index (κ3) is 3.19. The van der Waals surface area contributed by atoms with Crippen molar-refractivity contribution in [1.82, 2.24) is 5.32 Å². The van der Waals surface area contributed by atoms with Crippen LogP contribution in [-0.4, -0.2) is 31.4 Å². The molecule has 20 heavy (non-hydrogen) atoms. The molecule has 0 aromatic heterocycles. The number of nitrogens with one attached hydrogen (secondary N) is 1. The van der Waals surface area contributed by atoms with Gasteiger partial charge in [0.15, 0.2) is 9.84 Å². The Bertz CT molecular complexity index is 652. The summed E-state index contributed by atoms with van der Waals surface area (Å²) in [5.41, 5.74) is 5.29. The third-order valence-corrected chi connectivity index (χ3v) is 5.79. The number of nitrogen functional groups attached to an aromatic ring is 1.